The molecule has 2 aromatic carbocycles. The zero-order chi connectivity index (χ0) is 18.7. The molecule has 0 aromatic heterocycles. The Morgan fingerprint density at radius 1 is 1.12 bits per heavy atom. The Hall–Kier alpha value is -3.15. The average molecular weight is 352 g/mol. The minimum atomic E-state index is -0.254. The summed E-state index contributed by atoms with van der Waals surface area (Å²) in [5, 5.41) is 2.76. The maximum absolute atomic E-state index is 12.1. The molecule has 26 heavy (non-hydrogen) atoms. The van der Waals surface area contributed by atoms with Crippen LogP contribution < -0.4 is 15.0 Å². The molecule has 1 N–H and O–H groups in total. The number of ether oxygens (including phenoxy) is 1. The van der Waals surface area contributed by atoms with E-state index in [4.69, 9.17) is 4.74 Å². The first-order chi connectivity index (χ1) is 12.4. The van der Waals surface area contributed by atoms with Gasteiger partial charge < -0.3 is 15.0 Å². The molecule has 0 aliphatic carbocycles. The smallest absolute Gasteiger partial charge is 0.264 e. The van der Waals surface area contributed by atoms with Gasteiger partial charge in [-0.2, -0.15) is 0 Å². The number of carbonyl (C=O) groups excluding carboxylic acids is 3. The number of carbonyl (C=O) groups is 3. The summed E-state index contributed by atoms with van der Waals surface area (Å²) in [6, 6.07) is 12.4. The average Bonchev–Trinajstić information content (AvgIpc) is 2.64. The van der Waals surface area contributed by atoms with Crippen molar-refractivity contribution in [3.8, 4) is 5.75 Å². The number of aryl methyl sites for hydroxylation is 1. The van der Waals surface area contributed by atoms with Crippen molar-refractivity contribution in [2.24, 2.45) is 0 Å². The Labute approximate surface area is 151 Å². The number of likely N-dealkylation sites (N-methyl/N-ethyl adjacent to an activating group) is 1. The van der Waals surface area contributed by atoms with E-state index in [2.05, 4.69) is 5.32 Å². The molecule has 134 valence electrons. The summed E-state index contributed by atoms with van der Waals surface area (Å²) in [6.07, 6.45) is 0.233. The summed E-state index contributed by atoms with van der Waals surface area (Å²) in [5.41, 5.74) is 2.85. The Kier molecular flexibility index (Phi) is 5.02. The number of fused-ring (bicyclic) bond motifs is 1. The topological polar surface area (TPSA) is 75.7 Å². The number of amides is 2. The van der Waals surface area contributed by atoms with E-state index in [1.807, 2.05) is 19.1 Å². The van der Waals surface area contributed by atoms with E-state index in [1.165, 1.54) is 4.90 Å². The third kappa shape index (κ3) is 3.91. The highest BCUT2D eigenvalue weighted by atomic mass is 16.5. The number of nitrogens with zero attached hydrogens (tertiary/aromatic N) is 1. The molecule has 0 radical (unpaired) electrons. The number of rotatable bonds is 5. The monoisotopic (exact) mass is 352 g/mol. The first-order valence-corrected chi connectivity index (χ1v) is 8.37. The van der Waals surface area contributed by atoms with Gasteiger partial charge in [-0.25, -0.2) is 0 Å². The molecule has 2 amide bonds. The molecule has 0 atom stereocenters. The standard InChI is InChI=1S/C20H20N2O4/c1-13-3-5-14(6-4-13)17(23)8-10-19(24)21-15-7-9-18-16(11-15)22(2)20(25)12-26-18/h3-7,9,11H,8,10,12H2,1-2H3,(H,21,24). The number of Topliss-reactive ketones (excluding diaryl/α,β-unsaturated/α-hetero) is 1. The number of hydrogen-bond donors (Lipinski definition) is 1. The largest absolute Gasteiger partial charge is 0.482 e. The number of nitrogens with one attached hydrogen (secondary N) is 1. The van der Waals surface area contributed by atoms with Gasteiger partial charge >= 0.3 is 0 Å². The Morgan fingerprint density at radius 2 is 1.85 bits per heavy atom. The van der Waals surface area contributed by atoms with Crippen molar-refractivity contribution >= 4 is 29.0 Å². The van der Waals surface area contributed by atoms with Crippen LogP contribution in [0.3, 0.4) is 0 Å². The fourth-order valence-corrected chi connectivity index (χ4v) is 2.68. The second kappa shape index (κ2) is 7.39. The van der Waals surface area contributed by atoms with Gasteiger partial charge in [0, 0.05) is 31.1 Å². The van der Waals surface area contributed by atoms with Crippen LogP contribution in [0.25, 0.3) is 0 Å². The third-order valence-electron chi connectivity index (χ3n) is 4.28. The van der Waals surface area contributed by atoms with Gasteiger partial charge in [0.2, 0.25) is 5.91 Å². The first-order valence-electron chi connectivity index (χ1n) is 8.37. The Morgan fingerprint density at radius 3 is 2.58 bits per heavy atom. The van der Waals surface area contributed by atoms with Crippen molar-refractivity contribution in [2.45, 2.75) is 19.8 Å². The quantitative estimate of drug-likeness (QED) is 0.840. The van der Waals surface area contributed by atoms with Crippen LogP contribution in [0.2, 0.25) is 0 Å². The minimum Gasteiger partial charge on any atom is -0.482 e. The van der Waals surface area contributed by atoms with Crippen molar-refractivity contribution < 1.29 is 19.1 Å². The molecule has 6 nitrogen and oxygen atoms in total. The van der Waals surface area contributed by atoms with Crippen LogP contribution in [-0.2, 0) is 9.59 Å². The number of ketones is 1. The van der Waals surface area contributed by atoms with Crippen molar-refractivity contribution in [1.82, 2.24) is 0 Å². The van der Waals surface area contributed by atoms with E-state index in [1.54, 1.807) is 37.4 Å². The lowest BCUT2D eigenvalue weighted by Gasteiger charge is -2.26. The van der Waals surface area contributed by atoms with E-state index in [0.717, 1.165) is 5.56 Å². The normalized spacial score (nSPS) is 13.0. The van der Waals surface area contributed by atoms with Crippen LogP contribution in [0.1, 0.15) is 28.8 Å². The minimum absolute atomic E-state index is 0.0102. The van der Waals surface area contributed by atoms with Gasteiger partial charge in [0.1, 0.15) is 5.75 Å². The van der Waals surface area contributed by atoms with E-state index >= 15 is 0 Å². The molecule has 1 aliphatic rings. The SMILES string of the molecule is Cc1ccc(C(=O)CCC(=O)Nc2ccc3c(c2)N(C)C(=O)CO3)cc1. The zero-order valence-electron chi connectivity index (χ0n) is 14.7. The first kappa shape index (κ1) is 17.7. The van der Waals surface area contributed by atoms with Crippen LogP contribution in [0.5, 0.6) is 5.75 Å². The molecule has 3 rings (SSSR count). The van der Waals surface area contributed by atoms with E-state index in [9.17, 15) is 14.4 Å². The summed E-state index contributed by atoms with van der Waals surface area (Å²) in [4.78, 5) is 37.5. The van der Waals surface area contributed by atoms with Crippen LogP contribution in [-0.4, -0.2) is 31.3 Å². The molecule has 0 saturated carbocycles. The maximum Gasteiger partial charge on any atom is 0.264 e. The lowest BCUT2D eigenvalue weighted by atomic mass is 10.0. The summed E-state index contributed by atoms with van der Waals surface area (Å²) < 4.78 is 5.35. The Bertz CT molecular complexity index is 859. The fourth-order valence-electron chi connectivity index (χ4n) is 2.68. The van der Waals surface area contributed by atoms with Gasteiger partial charge in [-0.1, -0.05) is 29.8 Å². The number of benzene rings is 2. The molecule has 2 aromatic rings. The second-order valence-electron chi connectivity index (χ2n) is 6.26. The fraction of sp³-hybridized carbons (Fsp3) is 0.250. The molecule has 0 fully saturated rings. The Balaban J connectivity index is 1.59. The molecular formula is C20H20N2O4. The predicted octanol–water partition coefficient (Wildman–Crippen LogP) is 2.95. The predicted molar refractivity (Wildman–Crippen MR) is 98.7 cm³/mol. The van der Waals surface area contributed by atoms with E-state index in [0.29, 0.717) is 22.7 Å². The van der Waals surface area contributed by atoms with Gasteiger partial charge in [-0.3, -0.25) is 14.4 Å². The van der Waals surface area contributed by atoms with Gasteiger partial charge in [-0.15, -0.1) is 0 Å². The highest BCUT2D eigenvalue weighted by Gasteiger charge is 2.22. The molecule has 6 heteroatoms. The van der Waals surface area contributed by atoms with Gasteiger partial charge in [-0.05, 0) is 25.1 Å². The van der Waals surface area contributed by atoms with Crippen molar-refractivity contribution in [3.63, 3.8) is 0 Å². The van der Waals surface area contributed by atoms with Crippen LogP contribution >= 0.6 is 0 Å². The number of hydrogen-bond acceptors (Lipinski definition) is 4. The van der Waals surface area contributed by atoms with Crippen LogP contribution in [0, 0.1) is 6.92 Å². The lowest BCUT2D eigenvalue weighted by molar-refractivity contribution is -0.121. The van der Waals surface area contributed by atoms with Gasteiger partial charge in [0.05, 0.1) is 5.69 Å². The van der Waals surface area contributed by atoms with Crippen molar-refractivity contribution in [1.29, 1.82) is 0 Å². The highest BCUT2D eigenvalue weighted by Crippen LogP contribution is 2.33. The summed E-state index contributed by atoms with van der Waals surface area (Å²) in [7, 11) is 1.66. The van der Waals surface area contributed by atoms with Crippen LogP contribution in [0.4, 0.5) is 11.4 Å². The second-order valence-corrected chi connectivity index (χ2v) is 6.26. The number of anilines is 2. The third-order valence-corrected chi connectivity index (χ3v) is 4.28. The molecule has 0 saturated heterocycles. The molecule has 1 aliphatic heterocycles. The van der Waals surface area contributed by atoms with E-state index < -0.39 is 0 Å². The van der Waals surface area contributed by atoms with Crippen molar-refractivity contribution in [2.75, 3.05) is 23.9 Å². The summed E-state index contributed by atoms with van der Waals surface area (Å²) in [5.74, 6) is 0.129. The summed E-state index contributed by atoms with van der Waals surface area (Å²) in [6.45, 7) is 1.96. The summed E-state index contributed by atoms with van der Waals surface area (Å²) >= 11 is 0. The highest BCUT2D eigenvalue weighted by molar-refractivity contribution is 6.01. The van der Waals surface area contributed by atoms with Crippen LogP contribution in [0.15, 0.2) is 42.5 Å². The van der Waals surface area contributed by atoms with Crippen molar-refractivity contribution in [3.05, 3.63) is 53.6 Å². The zero-order valence-corrected chi connectivity index (χ0v) is 14.7. The molecule has 1 heterocycles. The lowest BCUT2D eigenvalue weighted by Crippen LogP contribution is -2.35. The van der Waals surface area contributed by atoms with E-state index in [-0.39, 0.29) is 37.0 Å². The molecule has 0 bridgehead atoms. The molecule has 0 spiro atoms. The van der Waals surface area contributed by atoms with Gasteiger partial charge in [0.15, 0.2) is 12.4 Å². The maximum atomic E-state index is 12.1. The molecule has 0 unspecified atom stereocenters. The van der Waals surface area contributed by atoms with Gasteiger partial charge in [0.25, 0.3) is 5.91 Å². The molecular weight excluding hydrogens is 332 g/mol.